The Kier molecular flexibility index (Phi) is 4.61. The molecule has 146 valence electrons. The second-order valence-corrected chi connectivity index (χ2v) is 8.03. The Balaban J connectivity index is 1.30. The molecule has 3 heterocycles. The number of anilines is 1. The van der Waals surface area contributed by atoms with Gasteiger partial charge < -0.3 is 9.72 Å². The van der Waals surface area contributed by atoms with Crippen LogP contribution < -0.4 is 5.32 Å². The largest absolute Gasteiger partial charge is 0.323 e. The third-order valence-corrected chi connectivity index (χ3v) is 5.86. The van der Waals surface area contributed by atoms with Gasteiger partial charge in [-0.25, -0.2) is 9.97 Å². The van der Waals surface area contributed by atoms with Gasteiger partial charge in [0.25, 0.3) is 0 Å². The van der Waals surface area contributed by atoms with Gasteiger partial charge in [0.1, 0.15) is 10.7 Å². The highest BCUT2D eigenvalue weighted by atomic mass is 32.1. The van der Waals surface area contributed by atoms with Crippen molar-refractivity contribution < 1.29 is 4.79 Å². The van der Waals surface area contributed by atoms with Gasteiger partial charge >= 0.3 is 0 Å². The maximum Gasteiger partial charge on any atom is 0.248 e. The summed E-state index contributed by atoms with van der Waals surface area (Å²) in [6.07, 6.45) is 6.93. The predicted molar refractivity (Wildman–Crippen MR) is 123 cm³/mol. The number of imidazole rings is 1. The summed E-state index contributed by atoms with van der Waals surface area (Å²) in [4.78, 5) is 21.3. The second-order valence-electron chi connectivity index (χ2n) is 7.00. The minimum absolute atomic E-state index is 0.191. The van der Waals surface area contributed by atoms with Crippen molar-refractivity contribution in [3.8, 4) is 10.6 Å². The van der Waals surface area contributed by atoms with E-state index in [2.05, 4.69) is 35.4 Å². The summed E-state index contributed by atoms with van der Waals surface area (Å²) in [6.45, 7) is 2.08. The van der Waals surface area contributed by atoms with Gasteiger partial charge in [0.15, 0.2) is 0 Å². The van der Waals surface area contributed by atoms with Gasteiger partial charge in [-0.3, -0.25) is 4.79 Å². The first kappa shape index (κ1) is 18.3. The van der Waals surface area contributed by atoms with E-state index in [-0.39, 0.29) is 5.91 Å². The van der Waals surface area contributed by atoms with Crippen molar-refractivity contribution in [1.29, 1.82) is 0 Å². The van der Waals surface area contributed by atoms with Crippen LogP contribution in [0.5, 0.6) is 0 Å². The van der Waals surface area contributed by atoms with Crippen molar-refractivity contribution in [2.75, 3.05) is 5.32 Å². The molecular weight excluding hydrogens is 392 g/mol. The summed E-state index contributed by atoms with van der Waals surface area (Å²) in [5.41, 5.74) is 5.71. The molecular formula is C24H18N4OS. The Morgan fingerprint density at radius 2 is 1.97 bits per heavy atom. The lowest BCUT2D eigenvalue weighted by molar-refractivity contribution is -0.111. The van der Waals surface area contributed by atoms with E-state index in [0.717, 1.165) is 33.1 Å². The molecule has 0 atom stereocenters. The van der Waals surface area contributed by atoms with E-state index in [1.807, 2.05) is 53.1 Å². The van der Waals surface area contributed by atoms with Gasteiger partial charge in [-0.05, 0) is 67.1 Å². The van der Waals surface area contributed by atoms with Crippen LogP contribution in [-0.2, 0) is 4.79 Å². The fraction of sp³-hybridized carbons (Fsp3) is 0.0417. The highest BCUT2D eigenvalue weighted by molar-refractivity contribution is 7.21. The zero-order valence-electron chi connectivity index (χ0n) is 16.2. The molecule has 6 heteroatoms. The number of thiazole rings is 1. The number of hydrogen-bond acceptors (Lipinski definition) is 4. The topological polar surface area (TPSA) is 59.3 Å². The third kappa shape index (κ3) is 3.60. The molecule has 5 rings (SSSR count). The summed E-state index contributed by atoms with van der Waals surface area (Å²) in [5, 5.41) is 3.87. The molecule has 1 amide bonds. The maximum absolute atomic E-state index is 12.3. The number of nitrogens with one attached hydrogen (secondary N) is 1. The minimum atomic E-state index is -0.191. The zero-order valence-corrected chi connectivity index (χ0v) is 17.1. The second kappa shape index (κ2) is 7.57. The smallest absolute Gasteiger partial charge is 0.248 e. The molecule has 0 aliphatic heterocycles. The van der Waals surface area contributed by atoms with E-state index in [4.69, 9.17) is 4.98 Å². The Morgan fingerprint density at radius 1 is 1.10 bits per heavy atom. The van der Waals surface area contributed by atoms with Crippen LogP contribution in [-0.4, -0.2) is 20.3 Å². The van der Waals surface area contributed by atoms with E-state index >= 15 is 0 Å². The molecule has 0 fully saturated rings. The van der Waals surface area contributed by atoms with Crippen LogP contribution in [0.25, 0.3) is 32.5 Å². The number of fused-ring (bicyclic) bond motifs is 2. The lowest BCUT2D eigenvalue weighted by atomic mass is 10.2. The lowest BCUT2D eigenvalue weighted by Crippen LogP contribution is -2.07. The van der Waals surface area contributed by atoms with Gasteiger partial charge in [-0.15, -0.1) is 11.3 Å². The van der Waals surface area contributed by atoms with Crippen LogP contribution in [0.2, 0.25) is 0 Å². The maximum atomic E-state index is 12.3. The minimum Gasteiger partial charge on any atom is -0.323 e. The van der Waals surface area contributed by atoms with Crippen LogP contribution in [0.1, 0.15) is 11.3 Å². The van der Waals surface area contributed by atoms with Crippen molar-refractivity contribution in [1.82, 2.24) is 14.4 Å². The van der Waals surface area contributed by atoms with Crippen LogP contribution in [0.3, 0.4) is 0 Å². The Hall–Kier alpha value is -3.77. The average Bonchev–Trinajstić information content (AvgIpc) is 3.36. The number of amides is 1. The quantitative estimate of drug-likeness (QED) is 0.394. The molecule has 5 aromatic rings. The Morgan fingerprint density at radius 3 is 2.83 bits per heavy atom. The molecule has 30 heavy (non-hydrogen) atoms. The molecule has 0 unspecified atom stereocenters. The predicted octanol–water partition coefficient (Wildman–Crippen LogP) is 5.57. The molecule has 0 aliphatic rings. The van der Waals surface area contributed by atoms with Gasteiger partial charge in [0, 0.05) is 23.5 Å². The summed E-state index contributed by atoms with van der Waals surface area (Å²) >= 11 is 1.67. The molecule has 0 saturated carbocycles. The summed E-state index contributed by atoms with van der Waals surface area (Å²) in [5.74, 6) is -0.191. The molecule has 1 N–H and O–H groups in total. The van der Waals surface area contributed by atoms with Gasteiger partial charge in [0.2, 0.25) is 5.91 Å². The Bertz CT molecular complexity index is 1400. The van der Waals surface area contributed by atoms with E-state index in [1.54, 1.807) is 23.6 Å². The van der Waals surface area contributed by atoms with Crippen molar-refractivity contribution in [3.63, 3.8) is 0 Å². The van der Waals surface area contributed by atoms with Gasteiger partial charge in [-0.1, -0.05) is 12.1 Å². The molecule has 5 nitrogen and oxygen atoms in total. The monoisotopic (exact) mass is 410 g/mol. The van der Waals surface area contributed by atoms with Crippen LogP contribution in [0.15, 0.2) is 79.1 Å². The first-order chi connectivity index (χ1) is 14.7. The number of carbonyl (C=O) groups is 1. The fourth-order valence-electron chi connectivity index (χ4n) is 3.27. The van der Waals surface area contributed by atoms with E-state index < -0.39 is 0 Å². The van der Waals surface area contributed by atoms with Gasteiger partial charge in [0.05, 0.1) is 22.1 Å². The van der Waals surface area contributed by atoms with Crippen molar-refractivity contribution in [2.45, 2.75) is 6.92 Å². The van der Waals surface area contributed by atoms with Crippen molar-refractivity contribution >= 4 is 44.9 Å². The molecule has 0 radical (unpaired) electrons. The number of carbonyl (C=O) groups excluding carboxylic acids is 1. The van der Waals surface area contributed by atoms with E-state index in [1.165, 1.54) is 16.3 Å². The number of pyridine rings is 1. The molecule has 2 aromatic carbocycles. The zero-order chi connectivity index (χ0) is 20.5. The van der Waals surface area contributed by atoms with E-state index in [0.29, 0.717) is 0 Å². The average molecular weight is 411 g/mol. The van der Waals surface area contributed by atoms with Gasteiger partial charge in [-0.2, -0.15) is 0 Å². The number of rotatable bonds is 4. The van der Waals surface area contributed by atoms with Crippen LogP contribution >= 0.6 is 11.3 Å². The first-order valence-corrected chi connectivity index (χ1v) is 10.4. The summed E-state index contributed by atoms with van der Waals surface area (Å²) in [6, 6.07) is 19.8. The molecule has 0 bridgehead atoms. The molecule has 0 saturated heterocycles. The number of aryl methyl sites for hydroxylation is 1. The SMILES string of the molecule is Cc1ccc2nc(-c3ccc(NC(=O)/C=C/c4cnc5ccccn45)cc3)sc2c1. The number of aromatic nitrogens is 3. The molecule has 3 aromatic heterocycles. The summed E-state index contributed by atoms with van der Waals surface area (Å²) < 4.78 is 3.11. The fourth-order valence-corrected chi connectivity index (χ4v) is 4.34. The lowest BCUT2D eigenvalue weighted by Gasteiger charge is -2.03. The molecule has 0 spiro atoms. The van der Waals surface area contributed by atoms with Crippen molar-refractivity contribution in [3.05, 3.63) is 90.4 Å². The number of hydrogen-bond donors (Lipinski definition) is 1. The van der Waals surface area contributed by atoms with Crippen LogP contribution in [0.4, 0.5) is 5.69 Å². The number of benzene rings is 2. The normalized spacial score (nSPS) is 11.5. The number of nitrogens with zero attached hydrogens (tertiary/aromatic N) is 3. The highest BCUT2D eigenvalue weighted by Crippen LogP contribution is 2.31. The van der Waals surface area contributed by atoms with E-state index in [9.17, 15) is 4.79 Å². The standard InChI is InChI=1S/C24H18N4OS/c1-16-5-11-20-21(14-16)30-24(27-20)17-6-8-18(9-7-17)26-23(29)12-10-19-15-25-22-4-2-3-13-28(19)22/h2-15H,1H3,(H,26,29)/b12-10+. The third-order valence-electron chi connectivity index (χ3n) is 4.79. The molecule has 0 aliphatic carbocycles. The Labute approximate surface area is 177 Å². The van der Waals surface area contributed by atoms with Crippen molar-refractivity contribution in [2.24, 2.45) is 0 Å². The highest BCUT2D eigenvalue weighted by Gasteiger charge is 2.07. The first-order valence-electron chi connectivity index (χ1n) is 9.54. The summed E-state index contributed by atoms with van der Waals surface area (Å²) in [7, 11) is 0. The van der Waals surface area contributed by atoms with Crippen LogP contribution in [0, 0.1) is 6.92 Å².